The van der Waals surface area contributed by atoms with E-state index in [1.165, 1.54) is 5.56 Å². The number of allylic oxidation sites excluding steroid dienone is 4. The molecule has 0 N–H and O–H groups in total. The molecule has 2 rings (SSSR count). The standard InChI is InChI=1S/C13H12BrCl/c1-9-4-2-3-5-11(9)12-8-10(14)6-7-13(12)15/h2-9,11H,1H3. The summed E-state index contributed by atoms with van der Waals surface area (Å²) in [5.74, 6) is 0.891. The van der Waals surface area contributed by atoms with Gasteiger partial charge in [-0.25, -0.2) is 0 Å². The highest BCUT2D eigenvalue weighted by molar-refractivity contribution is 9.10. The Labute approximate surface area is 104 Å². The van der Waals surface area contributed by atoms with E-state index in [-0.39, 0.29) is 0 Å². The highest BCUT2D eigenvalue weighted by atomic mass is 79.9. The first kappa shape index (κ1) is 11.0. The topological polar surface area (TPSA) is 0 Å². The molecule has 2 unspecified atom stereocenters. The zero-order valence-corrected chi connectivity index (χ0v) is 10.8. The van der Waals surface area contributed by atoms with Crippen LogP contribution in [0.2, 0.25) is 5.02 Å². The SMILES string of the molecule is CC1C=CC=CC1c1cc(Br)ccc1Cl. The van der Waals surface area contributed by atoms with Crippen molar-refractivity contribution in [3.8, 4) is 0 Å². The van der Waals surface area contributed by atoms with E-state index in [0.29, 0.717) is 11.8 Å². The largest absolute Gasteiger partial charge is 0.0840 e. The van der Waals surface area contributed by atoms with E-state index in [4.69, 9.17) is 11.6 Å². The summed E-state index contributed by atoms with van der Waals surface area (Å²) in [5, 5.41) is 0.843. The van der Waals surface area contributed by atoms with Crippen molar-refractivity contribution in [1.82, 2.24) is 0 Å². The number of hydrogen-bond acceptors (Lipinski definition) is 0. The van der Waals surface area contributed by atoms with E-state index >= 15 is 0 Å². The lowest BCUT2D eigenvalue weighted by atomic mass is 9.84. The second-order valence-corrected chi connectivity index (χ2v) is 5.14. The lowest BCUT2D eigenvalue weighted by Crippen LogP contribution is -2.07. The van der Waals surface area contributed by atoms with E-state index in [9.17, 15) is 0 Å². The summed E-state index contributed by atoms with van der Waals surface area (Å²) in [6, 6.07) is 6.02. The lowest BCUT2D eigenvalue weighted by Gasteiger charge is -2.22. The first-order valence-electron chi connectivity index (χ1n) is 4.98. The third-order valence-electron chi connectivity index (χ3n) is 2.73. The van der Waals surface area contributed by atoms with Crippen LogP contribution in [0.5, 0.6) is 0 Å². The van der Waals surface area contributed by atoms with Gasteiger partial charge >= 0.3 is 0 Å². The van der Waals surface area contributed by atoms with Crippen molar-refractivity contribution >= 4 is 27.5 Å². The Kier molecular flexibility index (Phi) is 3.32. The van der Waals surface area contributed by atoms with Crippen LogP contribution in [0.15, 0.2) is 47.0 Å². The summed E-state index contributed by atoms with van der Waals surface area (Å²) >= 11 is 9.70. The number of halogens is 2. The van der Waals surface area contributed by atoms with Crippen LogP contribution in [0.4, 0.5) is 0 Å². The molecule has 2 atom stereocenters. The predicted molar refractivity (Wildman–Crippen MR) is 69.3 cm³/mol. The molecule has 1 aliphatic rings. The van der Waals surface area contributed by atoms with Crippen molar-refractivity contribution in [3.05, 3.63) is 57.6 Å². The van der Waals surface area contributed by atoms with Crippen molar-refractivity contribution in [3.63, 3.8) is 0 Å². The van der Waals surface area contributed by atoms with Crippen molar-refractivity contribution in [2.45, 2.75) is 12.8 Å². The number of benzene rings is 1. The van der Waals surface area contributed by atoms with E-state index in [1.807, 2.05) is 12.1 Å². The zero-order valence-electron chi connectivity index (χ0n) is 8.45. The first-order valence-corrected chi connectivity index (χ1v) is 6.15. The van der Waals surface area contributed by atoms with Crippen LogP contribution in [0.25, 0.3) is 0 Å². The molecule has 0 nitrogen and oxygen atoms in total. The summed E-state index contributed by atoms with van der Waals surface area (Å²) in [6.45, 7) is 2.21. The van der Waals surface area contributed by atoms with Gasteiger partial charge in [-0.1, -0.05) is 58.8 Å². The van der Waals surface area contributed by atoms with Crippen molar-refractivity contribution in [2.24, 2.45) is 5.92 Å². The molecule has 0 spiro atoms. The first-order chi connectivity index (χ1) is 7.18. The lowest BCUT2D eigenvalue weighted by molar-refractivity contribution is 0.635. The molecular weight excluding hydrogens is 271 g/mol. The Bertz CT molecular complexity index is 421. The molecule has 2 heteroatoms. The fourth-order valence-corrected chi connectivity index (χ4v) is 2.50. The third-order valence-corrected chi connectivity index (χ3v) is 3.57. The van der Waals surface area contributed by atoms with Gasteiger partial charge in [0.05, 0.1) is 0 Å². The maximum absolute atomic E-state index is 6.22. The Balaban J connectivity index is 2.40. The van der Waals surface area contributed by atoms with Crippen molar-refractivity contribution in [2.75, 3.05) is 0 Å². The average Bonchev–Trinajstić information content (AvgIpc) is 2.23. The van der Waals surface area contributed by atoms with Gasteiger partial charge in [0.15, 0.2) is 0 Å². The van der Waals surface area contributed by atoms with Gasteiger partial charge in [-0.05, 0) is 29.7 Å². The second kappa shape index (κ2) is 4.54. The van der Waals surface area contributed by atoms with E-state index in [1.54, 1.807) is 0 Å². The number of rotatable bonds is 1. The van der Waals surface area contributed by atoms with E-state index in [2.05, 4.69) is 53.2 Å². The molecule has 0 aromatic heterocycles. The normalized spacial score (nSPS) is 24.5. The van der Waals surface area contributed by atoms with Crippen LogP contribution >= 0.6 is 27.5 Å². The smallest absolute Gasteiger partial charge is 0.0444 e. The molecule has 1 aromatic rings. The number of hydrogen-bond donors (Lipinski definition) is 0. The van der Waals surface area contributed by atoms with Gasteiger partial charge in [0.25, 0.3) is 0 Å². The molecule has 15 heavy (non-hydrogen) atoms. The minimum absolute atomic E-state index is 0.389. The van der Waals surface area contributed by atoms with Gasteiger partial charge in [0.1, 0.15) is 0 Å². The summed E-state index contributed by atoms with van der Waals surface area (Å²) in [5.41, 5.74) is 1.19. The predicted octanol–water partition coefficient (Wildman–Crippen LogP) is 4.95. The summed E-state index contributed by atoms with van der Waals surface area (Å²) in [4.78, 5) is 0. The van der Waals surface area contributed by atoms with Gasteiger partial charge in [-0.3, -0.25) is 0 Å². The Morgan fingerprint density at radius 1 is 1.20 bits per heavy atom. The van der Waals surface area contributed by atoms with E-state index < -0.39 is 0 Å². The van der Waals surface area contributed by atoms with Gasteiger partial charge in [0.2, 0.25) is 0 Å². The fraction of sp³-hybridized carbons (Fsp3) is 0.231. The molecule has 78 valence electrons. The molecule has 0 fully saturated rings. The van der Waals surface area contributed by atoms with Crippen LogP contribution in [-0.4, -0.2) is 0 Å². The Hall–Kier alpha value is -0.530. The fourth-order valence-electron chi connectivity index (χ4n) is 1.88. The molecule has 1 aromatic carbocycles. The molecule has 1 aliphatic carbocycles. The quantitative estimate of drug-likeness (QED) is 0.684. The van der Waals surface area contributed by atoms with Crippen LogP contribution in [0.3, 0.4) is 0 Å². The van der Waals surface area contributed by atoms with Crippen molar-refractivity contribution in [1.29, 1.82) is 0 Å². The third kappa shape index (κ3) is 2.35. The Morgan fingerprint density at radius 3 is 2.67 bits per heavy atom. The molecule has 0 aliphatic heterocycles. The van der Waals surface area contributed by atoms with Gasteiger partial charge in [0, 0.05) is 15.4 Å². The molecule has 0 radical (unpaired) electrons. The van der Waals surface area contributed by atoms with Crippen LogP contribution < -0.4 is 0 Å². The van der Waals surface area contributed by atoms with Gasteiger partial charge in [-0.15, -0.1) is 0 Å². The summed E-state index contributed by atoms with van der Waals surface area (Å²) in [6.07, 6.45) is 8.59. The van der Waals surface area contributed by atoms with Crippen molar-refractivity contribution < 1.29 is 0 Å². The monoisotopic (exact) mass is 282 g/mol. The Morgan fingerprint density at radius 2 is 1.93 bits per heavy atom. The van der Waals surface area contributed by atoms with Crippen LogP contribution in [0, 0.1) is 5.92 Å². The molecule has 0 saturated carbocycles. The molecule has 0 heterocycles. The summed E-state index contributed by atoms with van der Waals surface area (Å²) in [7, 11) is 0. The second-order valence-electron chi connectivity index (χ2n) is 3.82. The molecule has 0 amide bonds. The summed E-state index contributed by atoms with van der Waals surface area (Å²) < 4.78 is 1.08. The van der Waals surface area contributed by atoms with Crippen LogP contribution in [0.1, 0.15) is 18.4 Å². The molecular formula is C13H12BrCl. The van der Waals surface area contributed by atoms with E-state index in [0.717, 1.165) is 9.50 Å². The highest BCUT2D eigenvalue weighted by Gasteiger charge is 2.18. The maximum Gasteiger partial charge on any atom is 0.0444 e. The van der Waals surface area contributed by atoms with Crippen LogP contribution in [-0.2, 0) is 0 Å². The zero-order chi connectivity index (χ0) is 10.8. The minimum atomic E-state index is 0.389. The highest BCUT2D eigenvalue weighted by Crippen LogP contribution is 2.35. The molecule has 0 saturated heterocycles. The minimum Gasteiger partial charge on any atom is -0.0840 e. The van der Waals surface area contributed by atoms with Gasteiger partial charge < -0.3 is 0 Å². The average molecular weight is 284 g/mol. The van der Waals surface area contributed by atoms with Gasteiger partial charge in [-0.2, -0.15) is 0 Å². The molecule has 0 bridgehead atoms. The maximum atomic E-state index is 6.22.